The zero-order valence-corrected chi connectivity index (χ0v) is 14.7. The van der Waals surface area contributed by atoms with Crippen LogP contribution in [0, 0.1) is 0 Å². The van der Waals surface area contributed by atoms with Crippen LogP contribution in [0.25, 0.3) is 0 Å². The number of carbonyl (C=O) groups is 1. The zero-order chi connectivity index (χ0) is 17.7. The van der Waals surface area contributed by atoms with Crippen LogP contribution in [0.1, 0.15) is 25.3 Å². The second-order valence-electron chi connectivity index (χ2n) is 5.19. The smallest absolute Gasteiger partial charge is 0.293 e. The van der Waals surface area contributed by atoms with Crippen molar-refractivity contribution in [2.24, 2.45) is 0 Å². The van der Waals surface area contributed by atoms with Crippen molar-refractivity contribution >= 4 is 16.3 Å². The van der Waals surface area contributed by atoms with E-state index in [1.807, 2.05) is 0 Å². The molecule has 0 amide bonds. The largest absolute Gasteiger partial charge is 0.467 e. The SMILES string of the molecule is CCCCc1ccccc1.O=COCCS(=O)(=O)c1ccccc1. The fraction of sp³-hybridized carbons (Fsp3) is 0.316. The molecule has 0 aromatic heterocycles. The third kappa shape index (κ3) is 7.92. The zero-order valence-electron chi connectivity index (χ0n) is 13.9. The van der Waals surface area contributed by atoms with Crippen LogP contribution < -0.4 is 0 Å². The number of carbonyl (C=O) groups excluding carboxylic acids is 1. The lowest BCUT2D eigenvalue weighted by Gasteiger charge is -2.02. The number of unbranched alkanes of at least 4 members (excludes halogenated alkanes) is 1. The highest BCUT2D eigenvalue weighted by molar-refractivity contribution is 7.91. The molecule has 0 spiro atoms. The van der Waals surface area contributed by atoms with Crippen molar-refractivity contribution in [2.45, 2.75) is 31.1 Å². The number of benzene rings is 2. The van der Waals surface area contributed by atoms with E-state index in [2.05, 4.69) is 42.0 Å². The van der Waals surface area contributed by atoms with Crippen molar-refractivity contribution < 1.29 is 17.9 Å². The first-order valence-corrected chi connectivity index (χ1v) is 9.62. The molecule has 0 aliphatic rings. The summed E-state index contributed by atoms with van der Waals surface area (Å²) in [4.78, 5) is 10.1. The Bertz CT molecular complexity index is 667. The van der Waals surface area contributed by atoms with Crippen LogP contribution in [-0.2, 0) is 25.8 Å². The van der Waals surface area contributed by atoms with Gasteiger partial charge in [0.2, 0.25) is 0 Å². The van der Waals surface area contributed by atoms with Crippen LogP contribution >= 0.6 is 0 Å². The quantitative estimate of drug-likeness (QED) is 0.539. The summed E-state index contributed by atoms with van der Waals surface area (Å²) in [5, 5.41) is 0. The first kappa shape index (κ1) is 19.9. The molecule has 2 aromatic carbocycles. The van der Waals surface area contributed by atoms with Gasteiger partial charge < -0.3 is 4.74 Å². The highest BCUT2D eigenvalue weighted by Crippen LogP contribution is 2.09. The fourth-order valence-corrected chi connectivity index (χ4v) is 3.10. The average molecular weight is 348 g/mol. The molecule has 0 unspecified atom stereocenters. The molecule has 0 saturated carbocycles. The van der Waals surface area contributed by atoms with Crippen molar-refractivity contribution in [1.82, 2.24) is 0 Å². The number of ether oxygens (including phenoxy) is 1. The summed E-state index contributed by atoms with van der Waals surface area (Å²) in [5.41, 5.74) is 1.46. The summed E-state index contributed by atoms with van der Waals surface area (Å²) in [7, 11) is -3.32. The van der Waals surface area contributed by atoms with Crippen molar-refractivity contribution in [3.63, 3.8) is 0 Å². The van der Waals surface area contributed by atoms with E-state index in [1.54, 1.807) is 18.2 Å². The first-order chi connectivity index (χ1) is 11.6. The van der Waals surface area contributed by atoms with Gasteiger partial charge in [-0.1, -0.05) is 61.9 Å². The van der Waals surface area contributed by atoms with Gasteiger partial charge in [-0.25, -0.2) is 8.42 Å². The average Bonchev–Trinajstić information content (AvgIpc) is 2.62. The second kappa shape index (κ2) is 11.4. The minimum absolute atomic E-state index is 0.110. The number of hydrogen-bond acceptors (Lipinski definition) is 4. The molecule has 0 atom stereocenters. The molecule has 0 heterocycles. The van der Waals surface area contributed by atoms with Crippen molar-refractivity contribution in [3.05, 3.63) is 66.2 Å². The summed E-state index contributed by atoms with van der Waals surface area (Å²) in [6.07, 6.45) is 3.83. The van der Waals surface area contributed by atoms with Gasteiger partial charge in [0.15, 0.2) is 9.84 Å². The van der Waals surface area contributed by atoms with Crippen molar-refractivity contribution in [2.75, 3.05) is 12.4 Å². The van der Waals surface area contributed by atoms with E-state index < -0.39 is 9.84 Å². The Morgan fingerprint density at radius 1 is 0.958 bits per heavy atom. The monoisotopic (exact) mass is 348 g/mol. The molecule has 0 saturated heterocycles. The Labute approximate surface area is 144 Å². The topological polar surface area (TPSA) is 60.4 Å². The van der Waals surface area contributed by atoms with Gasteiger partial charge in [-0.15, -0.1) is 0 Å². The summed E-state index contributed by atoms with van der Waals surface area (Å²) < 4.78 is 27.4. The Morgan fingerprint density at radius 3 is 2.08 bits per heavy atom. The molecule has 0 bridgehead atoms. The Kier molecular flexibility index (Phi) is 9.46. The number of sulfone groups is 1. The van der Waals surface area contributed by atoms with Crippen molar-refractivity contribution in [3.8, 4) is 0 Å². The fourth-order valence-electron chi connectivity index (χ4n) is 1.98. The Morgan fingerprint density at radius 2 is 1.54 bits per heavy atom. The van der Waals surface area contributed by atoms with Crippen molar-refractivity contribution in [1.29, 1.82) is 0 Å². The lowest BCUT2D eigenvalue weighted by Crippen LogP contribution is -2.11. The lowest BCUT2D eigenvalue weighted by molar-refractivity contribution is -0.128. The molecule has 5 heteroatoms. The molecule has 2 aromatic rings. The van der Waals surface area contributed by atoms with Crippen LogP contribution in [-0.4, -0.2) is 27.2 Å². The second-order valence-corrected chi connectivity index (χ2v) is 7.30. The van der Waals surface area contributed by atoms with Gasteiger partial charge >= 0.3 is 0 Å². The summed E-state index contributed by atoms with van der Waals surface area (Å²) in [6, 6.07) is 18.7. The molecular weight excluding hydrogens is 324 g/mol. The molecule has 2 rings (SSSR count). The Balaban J connectivity index is 0.000000254. The van der Waals surface area contributed by atoms with Gasteiger partial charge in [0.1, 0.15) is 6.61 Å². The minimum atomic E-state index is -3.32. The minimum Gasteiger partial charge on any atom is -0.467 e. The molecule has 0 N–H and O–H groups in total. The predicted molar refractivity (Wildman–Crippen MR) is 95.6 cm³/mol. The standard InChI is InChI=1S/C10H14.C9H10O4S/c1-2-3-7-10-8-5-4-6-9-10;10-8-13-6-7-14(11,12)9-4-2-1-3-5-9/h4-6,8-9H,2-3,7H2,1H3;1-5,8H,6-7H2. The van der Waals surface area contributed by atoms with Crippen LogP contribution in [0.2, 0.25) is 0 Å². The highest BCUT2D eigenvalue weighted by Gasteiger charge is 2.13. The number of rotatable bonds is 8. The Hall–Kier alpha value is -2.14. The first-order valence-electron chi connectivity index (χ1n) is 7.97. The highest BCUT2D eigenvalue weighted by atomic mass is 32.2. The molecule has 0 radical (unpaired) electrons. The van der Waals surface area contributed by atoms with E-state index >= 15 is 0 Å². The summed E-state index contributed by atoms with van der Waals surface area (Å²) in [5.74, 6) is -0.185. The van der Waals surface area contributed by atoms with E-state index in [0.717, 1.165) is 0 Å². The molecular formula is C19H24O4S. The molecule has 24 heavy (non-hydrogen) atoms. The van der Waals surface area contributed by atoms with E-state index in [-0.39, 0.29) is 23.7 Å². The van der Waals surface area contributed by atoms with Gasteiger partial charge in [0.05, 0.1) is 10.6 Å². The number of hydrogen-bond donors (Lipinski definition) is 0. The van der Waals surface area contributed by atoms with E-state index in [4.69, 9.17) is 0 Å². The summed E-state index contributed by atoms with van der Waals surface area (Å²) in [6.45, 7) is 2.35. The summed E-state index contributed by atoms with van der Waals surface area (Å²) >= 11 is 0. The van der Waals surface area contributed by atoms with Crippen LogP contribution in [0.15, 0.2) is 65.6 Å². The van der Waals surface area contributed by atoms with Gasteiger partial charge in [-0.3, -0.25) is 4.79 Å². The van der Waals surface area contributed by atoms with Crippen LogP contribution in [0.3, 0.4) is 0 Å². The molecule has 0 fully saturated rings. The molecule has 0 aliphatic heterocycles. The molecule has 130 valence electrons. The van der Waals surface area contributed by atoms with E-state index in [0.29, 0.717) is 0 Å². The maximum atomic E-state index is 11.5. The third-order valence-electron chi connectivity index (χ3n) is 3.30. The van der Waals surface area contributed by atoms with Gasteiger partial charge in [-0.05, 0) is 30.5 Å². The molecule has 0 aliphatic carbocycles. The predicted octanol–water partition coefficient (Wildman–Crippen LogP) is 3.66. The van der Waals surface area contributed by atoms with E-state index in [1.165, 1.54) is 37.0 Å². The maximum Gasteiger partial charge on any atom is 0.293 e. The lowest BCUT2D eigenvalue weighted by atomic mass is 10.1. The normalized spacial score (nSPS) is 10.4. The maximum absolute atomic E-state index is 11.5. The van der Waals surface area contributed by atoms with Crippen LogP contribution in [0.4, 0.5) is 0 Å². The van der Waals surface area contributed by atoms with Crippen LogP contribution in [0.5, 0.6) is 0 Å². The van der Waals surface area contributed by atoms with Gasteiger partial charge in [-0.2, -0.15) is 0 Å². The van der Waals surface area contributed by atoms with Gasteiger partial charge in [0, 0.05) is 0 Å². The third-order valence-corrected chi connectivity index (χ3v) is 5.00. The van der Waals surface area contributed by atoms with Gasteiger partial charge in [0.25, 0.3) is 6.47 Å². The molecule has 4 nitrogen and oxygen atoms in total. The number of aryl methyl sites for hydroxylation is 1. The van der Waals surface area contributed by atoms with E-state index in [9.17, 15) is 13.2 Å².